The predicted octanol–water partition coefficient (Wildman–Crippen LogP) is 4.65. The summed E-state index contributed by atoms with van der Waals surface area (Å²) in [7, 11) is 1.74. The van der Waals surface area contributed by atoms with Gasteiger partial charge in [-0.1, -0.05) is 25.0 Å². The molecule has 3 aliphatic carbocycles. The van der Waals surface area contributed by atoms with Crippen LogP contribution in [0.1, 0.15) is 56.6 Å². The minimum absolute atomic E-state index is 0.102. The third kappa shape index (κ3) is 3.06. The molecule has 0 bridgehead atoms. The van der Waals surface area contributed by atoms with Crippen LogP contribution >= 0.6 is 0 Å². The van der Waals surface area contributed by atoms with Crippen LogP contribution in [0.25, 0.3) is 0 Å². The fourth-order valence-corrected chi connectivity index (χ4v) is 5.73. The molecule has 1 saturated carbocycles. The molecule has 27 heavy (non-hydrogen) atoms. The minimum atomic E-state index is -0.417. The van der Waals surface area contributed by atoms with Gasteiger partial charge < -0.3 is 9.47 Å². The molecule has 0 unspecified atom stereocenters. The molecule has 0 radical (unpaired) electrons. The summed E-state index contributed by atoms with van der Waals surface area (Å²) in [6.45, 7) is 4.54. The Kier molecular flexibility index (Phi) is 4.76. The molecule has 3 aliphatic rings. The van der Waals surface area contributed by atoms with Crippen molar-refractivity contribution in [2.24, 2.45) is 17.3 Å². The number of carbonyl (C=O) groups excluding carboxylic acids is 1. The molecule has 3 nitrogen and oxygen atoms in total. The van der Waals surface area contributed by atoms with Crippen LogP contribution in [0.5, 0.6) is 5.75 Å². The maximum Gasteiger partial charge on any atom is 0.384 e. The van der Waals surface area contributed by atoms with Crippen molar-refractivity contribution in [3.8, 4) is 17.6 Å². The standard InChI is InChI=1S/C24H28O3/c1-4-27-23(25)12-7-17-6-11-22-21-9-5-16-15-18(26-3)8-10-19(16)20(21)13-14-24(17,22)2/h6,8,10,15,20-22H,4-5,9,11,13-14H2,1-3H3/t20-,21-,22+,24-/m1/s1. The Morgan fingerprint density at radius 1 is 1.33 bits per heavy atom. The second-order valence-corrected chi connectivity index (χ2v) is 8.26. The molecule has 0 aliphatic heterocycles. The molecule has 0 N–H and O–H groups in total. The van der Waals surface area contributed by atoms with E-state index in [1.165, 1.54) is 24.0 Å². The van der Waals surface area contributed by atoms with Crippen LogP contribution in [-0.2, 0) is 16.0 Å². The highest BCUT2D eigenvalue weighted by atomic mass is 16.5. The number of hydrogen-bond donors (Lipinski definition) is 0. The second kappa shape index (κ2) is 7.08. The molecular weight excluding hydrogens is 336 g/mol. The Morgan fingerprint density at radius 2 is 2.19 bits per heavy atom. The molecule has 1 fully saturated rings. The monoisotopic (exact) mass is 364 g/mol. The minimum Gasteiger partial charge on any atom is -0.497 e. The van der Waals surface area contributed by atoms with E-state index in [0.717, 1.165) is 30.6 Å². The van der Waals surface area contributed by atoms with Crippen LogP contribution in [0.4, 0.5) is 0 Å². The van der Waals surface area contributed by atoms with Gasteiger partial charge in [0.2, 0.25) is 0 Å². The molecule has 0 amide bonds. The first-order valence-electron chi connectivity index (χ1n) is 10.1. The van der Waals surface area contributed by atoms with Crippen molar-refractivity contribution in [1.82, 2.24) is 0 Å². The van der Waals surface area contributed by atoms with Gasteiger partial charge in [0.25, 0.3) is 0 Å². The maximum absolute atomic E-state index is 11.6. The van der Waals surface area contributed by atoms with Crippen LogP contribution in [0.15, 0.2) is 29.8 Å². The molecule has 0 aromatic heterocycles. The summed E-state index contributed by atoms with van der Waals surface area (Å²) in [4.78, 5) is 11.6. The Balaban J connectivity index is 1.57. The van der Waals surface area contributed by atoms with E-state index in [0.29, 0.717) is 24.4 Å². The van der Waals surface area contributed by atoms with Gasteiger partial charge in [0, 0.05) is 16.9 Å². The number of ether oxygens (including phenoxy) is 2. The number of allylic oxidation sites excluding steroid dienone is 2. The van der Waals surface area contributed by atoms with E-state index in [1.807, 2.05) is 6.92 Å². The Bertz CT molecular complexity index is 841. The van der Waals surface area contributed by atoms with Gasteiger partial charge in [-0.2, -0.15) is 0 Å². The number of esters is 1. The zero-order valence-electron chi connectivity index (χ0n) is 16.5. The average Bonchev–Trinajstić information content (AvgIpc) is 3.02. The molecular formula is C24H28O3. The number of methoxy groups -OCH3 is 1. The molecule has 142 valence electrons. The lowest BCUT2D eigenvalue weighted by atomic mass is 9.54. The third-order valence-corrected chi connectivity index (χ3v) is 7.09. The first-order valence-corrected chi connectivity index (χ1v) is 10.1. The van der Waals surface area contributed by atoms with Crippen molar-refractivity contribution in [3.63, 3.8) is 0 Å². The Labute approximate surface area is 162 Å². The topological polar surface area (TPSA) is 35.5 Å². The summed E-state index contributed by atoms with van der Waals surface area (Å²) in [5, 5.41) is 0. The van der Waals surface area contributed by atoms with Crippen molar-refractivity contribution in [1.29, 1.82) is 0 Å². The van der Waals surface area contributed by atoms with Crippen molar-refractivity contribution in [2.75, 3.05) is 13.7 Å². The maximum atomic E-state index is 11.6. The Morgan fingerprint density at radius 3 is 2.96 bits per heavy atom. The van der Waals surface area contributed by atoms with Crippen LogP contribution in [0, 0.1) is 29.1 Å². The summed E-state index contributed by atoms with van der Waals surface area (Å²) in [5.74, 6) is 8.36. The van der Waals surface area contributed by atoms with Crippen LogP contribution in [0.2, 0.25) is 0 Å². The van der Waals surface area contributed by atoms with E-state index in [2.05, 4.69) is 43.0 Å². The fourth-order valence-electron chi connectivity index (χ4n) is 5.73. The van der Waals surface area contributed by atoms with Crippen LogP contribution < -0.4 is 4.74 Å². The van der Waals surface area contributed by atoms with Gasteiger partial charge in [-0.15, -0.1) is 0 Å². The van der Waals surface area contributed by atoms with Crippen molar-refractivity contribution >= 4 is 5.97 Å². The summed E-state index contributed by atoms with van der Waals surface area (Å²) in [5.41, 5.74) is 4.25. The molecule has 3 heteroatoms. The summed E-state index contributed by atoms with van der Waals surface area (Å²) >= 11 is 0. The molecule has 4 rings (SSSR count). The van der Waals surface area contributed by atoms with Crippen LogP contribution in [-0.4, -0.2) is 19.7 Å². The van der Waals surface area contributed by atoms with E-state index in [4.69, 9.17) is 9.47 Å². The lowest BCUT2D eigenvalue weighted by Gasteiger charge is -2.49. The van der Waals surface area contributed by atoms with Gasteiger partial charge in [-0.25, -0.2) is 4.79 Å². The van der Waals surface area contributed by atoms with Gasteiger partial charge >= 0.3 is 5.97 Å². The molecule has 1 aromatic carbocycles. The molecule has 4 atom stereocenters. The SMILES string of the molecule is CCOC(=O)C#CC1=CC[C@H]2[C@@H]3CCc4cc(OC)ccc4[C@H]3CC[C@]12C. The van der Waals surface area contributed by atoms with Crippen LogP contribution in [0.3, 0.4) is 0 Å². The quantitative estimate of drug-likeness (QED) is 0.435. The first kappa shape index (κ1) is 18.2. The first-order chi connectivity index (χ1) is 13.1. The highest BCUT2D eigenvalue weighted by Crippen LogP contribution is 2.61. The smallest absolute Gasteiger partial charge is 0.384 e. The predicted molar refractivity (Wildman–Crippen MR) is 105 cm³/mol. The number of carbonyl (C=O) groups is 1. The summed E-state index contributed by atoms with van der Waals surface area (Å²) in [6, 6.07) is 6.62. The van der Waals surface area contributed by atoms with Gasteiger partial charge in [0.1, 0.15) is 5.75 Å². The molecule has 0 heterocycles. The zero-order chi connectivity index (χ0) is 19.0. The second-order valence-electron chi connectivity index (χ2n) is 8.26. The van der Waals surface area contributed by atoms with E-state index in [9.17, 15) is 4.79 Å². The Hall–Kier alpha value is -2.21. The van der Waals surface area contributed by atoms with E-state index in [1.54, 1.807) is 7.11 Å². The van der Waals surface area contributed by atoms with Crippen molar-refractivity contribution < 1.29 is 14.3 Å². The number of hydrogen-bond acceptors (Lipinski definition) is 3. The van der Waals surface area contributed by atoms with Crippen molar-refractivity contribution in [2.45, 2.75) is 51.9 Å². The van der Waals surface area contributed by atoms with Gasteiger partial charge in [0.15, 0.2) is 0 Å². The molecule has 0 saturated heterocycles. The molecule has 0 spiro atoms. The number of rotatable bonds is 2. The lowest BCUT2D eigenvalue weighted by molar-refractivity contribution is -0.136. The van der Waals surface area contributed by atoms with Gasteiger partial charge in [-0.3, -0.25) is 0 Å². The number of benzene rings is 1. The zero-order valence-corrected chi connectivity index (χ0v) is 16.5. The average molecular weight is 364 g/mol. The number of fused-ring (bicyclic) bond motifs is 5. The highest BCUT2D eigenvalue weighted by molar-refractivity contribution is 5.89. The van der Waals surface area contributed by atoms with Gasteiger partial charge in [-0.05, 0) is 80.0 Å². The largest absolute Gasteiger partial charge is 0.497 e. The van der Waals surface area contributed by atoms with Gasteiger partial charge in [0.05, 0.1) is 13.7 Å². The summed E-state index contributed by atoms with van der Waals surface area (Å²) in [6.07, 6.45) is 8.05. The highest BCUT2D eigenvalue weighted by Gasteiger charge is 2.51. The number of aryl methyl sites for hydroxylation is 1. The third-order valence-electron chi connectivity index (χ3n) is 7.09. The van der Waals surface area contributed by atoms with Crippen molar-refractivity contribution in [3.05, 3.63) is 41.0 Å². The summed E-state index contributed by atoms with van der Waals surface area (Å²) < 4.78 is 10.4. The molecule has 1 aromatic rings. The van der Waals surface area contributed by atoms with E-state index < -0.39 is 5.97 Å². The van der Waals surface area contributed by atoms with E-state index >= 15 is 0 Å². The van der Waals surface area contributed by atoms with E-state index in [-0.39, 0.29) is 5.41 Å². The normalized spacial score (nSPS) is 30.8. The lowest BCUT2D eigenvalue weighted by Crippen LogP contribution is -2.41. The fraction of sp³-hybridized carbons (Fsp3) is 0.542.